The molecule has 2 aliphatic rings. The molecule has 0 atom stereocenters. The van der Waals surface area contributed by atoms with Crippen LogP contribution in [0.25, 0.3) is 0 Å². The van der Waals surface area contributed by atoms with E-state index < -0.39 is 21.8 Å². The van der Waals surface area contributed by atoms with Crippen LogP contribution in [0.3, 0.4) is 0 Å². The predicted octanol–water partition coefficient (Wildman–Crippen LogP) is 4.56. The van der Waals surface area contributed by atoms with Gasteiger partial charge < -0.3 is 14.5 Å². The molecule has 13 heteroatoms. The van der Waals surface area contributed by atoms with Crippen LogP contribution in [-0.2, 0) is 36.3 Å². The van der Waals surface area contributed by atoms with Gasteiger partial charge >= 0.3 is 6.18 Å². The molecule has 1 aromatic heterocycles. The number of carbonyl (C=O) groups is 1. The number of alkyl halides is 3. The van der Waals surface area contributed by atoms with Gasteiger partial charge in [0.25, 0.3) is 5.91 Å². The van der Waals surface area contributed by atoms with Crippen LogP contribution in [0.15, 0.2) is 42.5 Å². The molecule has 0 bridgehead atoms. The van der Waals surface area contributed by atoms with E-state index in [0.717, 1.165) is 42.0 Å². The van der Waals surface area contributed by atoms with Gasteiger partial charge in [-0.1, -0.05) is 12.1 Å². The van der Waals surface area contributed by atoms with E-state index in [1.54, 1.807) is 46.8 Å². The molecule has 1 amide bonds. The maximum absolute atomic E-state index is 14.4. The van der Waals surface area contributed by atoms with Crippen molar-refractivity contribution in [3.8, 4) is 5.75 Å². The summed E-state index contributed by atoms with van der Waals surface area (Å²) >= 11 is 0. The highest BCUT2D eigenvalue weighted by Crippen LogP contribution is 2.40. The minimum atomic E-state index is -4.65. The predicted molar refractivity (Wildman–Crippen MR) is 157 cm³/mol. The van der Waals surface area contributed by atoms with Crippen molar-refractivity contribution in [1.82, 2.24) is 19.0 Å². The van der Waals surface area contributed by atoms with Crippen LogP contribution in [0.2, 0.25) is 0 Å². The number of piperazine rings is 1. The second kappa shape index (κ2) is 11.8. The van der Waals surface area contributed by atoms with Crippen LogP contribution < -0.4 is 9.64 Å². The van der Waals surface area contributed by atoms with Gasteiger partial charge in [0.1, 0.15) is 11.4 Å². The molecule has 1 saturated carbocycles. The maximum atomic E-state index is 14.4. The van der Waals surface area contributed by atoms with Gasteiger partial charge in [0.05, 0.1) is 24.6 Å². The summed E-state index contributed by atoms with van der Waals surface area (Å²) in [6.45, 7) is 2.51. The van der Waals surface area contributed by atoms with E-state index in [9.17, 15) is 26.4 Å². The second-order valence-electron chi connectivity index (χ2n) is 11.3. The molecular formula is C30H36F3N5O4S. The summed E-state index contributed by atoms with van der Waals surface area (Å²) in [4.78, 5) is 17.0. The third kappa shape index (κ3) is 6.98. The number of aromatic nitrogens is 2. The fraction of sp³-hybridized carbons (Fsp3) is 0.467. The van der Waals surface area contributed by atoms with Crippen molar-refractivity contribution in [1.29, 1.82) is 0 Å². The maximum Gasteiger partial charge on any atom is 0.418 e. The number of hydrogen-bond acceptors (Lipinski definition) is 6. The first-order chi connectivity index (χ1) is 20.2. The van der Waals surface area contributed by atoms with E-state index in [2.05, 4.69) is 5.10 Å². The Kier molecular flexibility index (Phi) is 8.50. The summed E-state index contributed by atoms with van der Waals surface area (Å²) in [6.07, 6.45) is -1.51. The van der Waals surface area contributed by atoms with Crippen LogP contribution in [0.1, 0.15) is 57.2 Å². The molecule has 2 fully saturated rings. The number of aryl methyl sites for hydroxylation is 2. The second-order valence-corrected chi connectivity index (χ2v) is 13.3. The molecule has 0 unspecified atom stereocenters. The first-order valence-electron chi connectivity index (χ1n) is 14.1. The van der Waals surface area contributed by atoms with Crippen molar-refractivity contribution in [2.24, 2.45) is 7.05 Å². The summed E-state index contributed by atoms with van der Waals surface area (Å²) < 4.78 is 75.0. The molecule has 5 rings (SSSR count). The molecule has 0 spiro atoms. The fourth-order valence-corrected chi connectivity index (χ4v) is 6.30. The molecule has 1 saturated heterocycles. The Morgan fingerprint density at radius 1 is 1.05 bits per heavy atom. The van der Waals surface area contributed by atoms with Crippen LogP contribution in [0, 0.1) is 6.92 Å². The van der Waals surface area contributed by atoms with Gasteiger partial charge in [0.15, 0.2) is 0 Å². The Morgan fingerprint density at radius 3 is 2.33 bits per heavy atom. The van der Waals surface area contributed by atoms with Crippen molar-refractivity contribution in [2.75, 3.05) is 44.4 Å². The van der Waals surface area contributed by atoms with E-state index in [4.69, 9.17) is 4.74 Å². The average molecular weight is 620 g/mol. The number of methoxy groups -OCH3 is 1. The molecule has 3 aromatic rings. The van der Waals surface area contributed by atoms with Crippen molar-refractivity contribution < 1.29 is 31.1 Å². The van der Waals surface area contributed by atoms with Gasteiger partial charge in [-0.25, -0.2) is 8.42 Å². The highest BCUT2D eigenvalue weighted by atomic mass is 32.2. The molecule has 1 aliphatic heterocycles. The monoisotopic (exact) mass is 619 g/mol. The largest absolute Gasteiger partial charge is 0.497 e. The smallest absolute Gasteiger partial charge is 0.418 e. The lowest BCUT2D eigenvalue weighted by atomic mass is 10.0. The Morgan fingerprint density at radius 2 is 1.74 bits per heavy atom. The van der Waals surface area contributed by atoms with Crippen molar-refractivity contribution in [3.05, 3.63) is 76.1 Å². The van der Waals surface area contributed by atoms with Crippen molar-refractivity contribution in [3.63, 3.8) is 0 Å². The zero-order chi connectivity index (χ0) is 31.1. The number of halogens is 3. The molecule has 43 heavy (non-hydrogen) atoms. The van der Waals surface area contributed by atoms with Gasteiger partial charge in [0, 0.05) is 57.9 Å². The topological polar surface area (TPSA) is 88.0 Å². The normalized spacial score (nSPS) is 16.4. The molecule has 9 nitrogen and oxygen atoms in total. The molecule has 0 radical (unpaired) electrons. The lowest BCUT2D eigenvalue weighted by molar-refractivity contribution is -0.137. The number of nitrogens with zero attached hydrogens (tertiary/aromatic N) is 5. The molecule has 2 aromatic carbocycles. The SMILES string of the molecule is COc1ccc(CN(Cc2ccc(N3CCN(S(C)(=O)=O)CC3)c(C(F)(F)F)c2)C(=O)c2cc(C3CC3)nn2C)c(C)c1. The van der Waals surface area contributed by atoms with E-state index in [1.807, 2.05) is 19.1 Å². The highest BCUT2D eigenvalue weighted by molar-refractivity contribution is 7.88. The Hall–Kier alpha value is -3.58. The number of amides is 1. The molecule has 0 N–H and O–H groups in total. The summed E-state index contributed by atoms with van der Waals surface area (Å²) in [5.41, 5.74) is 2.47. The number of ether oxygens (including phenoxy) is 1. The Labute approximate surface area is 249 Å². The summed E-state index contributed by atoms with van der Waals surface area (Å²) in [6, 6.07) is 11.4. The van der Waals surface area contributed by atoms with Crippen LogP contribution in [0.4, 0.5) is 18.9 Å². The third-order valence-electron chi connectivity index (χ3n) is 8.10. The van der Waals surface area contributed by atoms with Gasteiger partial charge in [-0.15, -0.1) is 0 Å². The first-order valence-corrected chi connectivity index (χ1v) is 16.0. The third-order valence-corrected chi connectivity index (χ3v) is 9.40. The minimum absolute atomic E-state index is 0.00557. The average Bonchev–Trinajstić information content (AvgIpc) is 3.73. The molecule has 232 valence electrons. The standard InChI is InChI=1S/C30H36F3N5O4S/c1-20-15-24(42-3)9-8-23(20)19-37(29(39)28-17-26(22-6-7-22)34-35(28)2)18-21-5-10-27(25(16-21)30(31,32)33)36-11-13-38(14-12-36)43(4,40)41/h5,8-10,15-17,22H,6-7,11-14,18-19H2,1-4H3. The number of anilines is 1. The summed E-state index contributed by atoms with van der Waals surface area (Å²) in [5.74, 6) is 0.681. The lowest BCUT2D eigenvalue weighted by Gasteiger charge is -2.36. The number of sulfonamides is 1. The zero-order valence-corrected chi connectivity index (χ0v) is 25.5. The molecular weight excluding hydrogens is 583 g/mol. The van der Waals surface area contributed by atoms with Crippen LogP contribution in [0.5, 0.6) is 5.75 Å². The number of carbonyl (C=O) groups excluding carboxylic acids is 1. The Bertz CT molecular complexity index is 1610. The van der Waals surface area contributed by atoms with Gasteiger partial charge in [-0.05, 0) is 66.8 Å². The number of hydrogen-bond donors (Lipinski definition) is 0. The molecule has 1 aliphatic carbocycles. The van der Waals surface area contributed by atoms with E-state index in [-0.39, 0.29) is 50.9 Å². The molecule has 2 heterocycles. The van der Waals surface area contributed by atoms with Gasteiger partial charge in [0.2, 0.25) is 10.0 Å². The van der Waals surface area contributed by atoms with Crippen LogP contribution >= 0.6 is 0 Å². The van der Waals surface area contributed by atoms with Gasteiger partial charge in [-0.2, -0.15) is 22.6 Å². The fourth-order valence-electron chi connectivity index (χ4n) is 5.47. The number of rotatable bonds is 9. The zero-order valence-electron chi connectivity index (χ0n) is 24.7. The lowest BCUT2D eigenvalue weighted by Crippen LogP contribution is -2.48. The van der Waals surface area contributed by atoms with E-state index in [1.165, 1.54) is 10.4 Å². The summed E-state index contributed by atoms with van der Waals surface area (Å²) in [7, 11) is -0.152. The van der Waals surface area contributed by atoms with Gasteiger partial charge in [-0.3, -0.25) is 9.48 Å². The quantitative estimate of drug-likeness (QED) is 0.349. The van der Waals surface area contributed by atoms with E-state index in [0.29, 0.717) is 22.9 Å². The van der Waals surface area contributed by atoms with E-state index >= 15 is 0 Å². The van der Waals surface area contributed by atoms with Crippen molar-refractivity contribution in [2.45, 2.75) is 44.9 Å². The van der Waals surface area contributed by atoms with Crippen LogP contribution in [-0.4, -0.2) is 72.9 Å². The van der Waals surface area contributed by atoms with Crippen molar-refractivity contribution >= 4 is 21.6 Å². The Balaban J connectivity index is 1.46. The highest BCUT2D eigenvalue weighted by Gasteiger charge is 2.37. The number of benzene rings is 2. The summed E-state index contributed by atoms with van der Waals surface area (Å²) in [5, 5.41) is 4.52. The minimum Gasteiger partial charge on any atom is -0.497 e. The first kappa shape index (κ1) is 30.9.